The highest BCUT2D eigenvalue weighted by Gasteiger charge is 2.36. The fraction of sp³-hybridized carbons (Fsp3) is 0.800. The molecule has 0 unspecified atom stereocenters. The molecule has 0 heterocycles. The Morgan fingerprint density at radius 3 is 1.56 bits per heavy atom. The molecular formula is C10H23BO5. The Kier molecular flexibility index (Phi) is 7.69. The van der Waals surface area contributed by atoms with Crippen molar-refractivity contribution < 1.29 is 24.9 Å². The largest absolute Gasteiger partial charge is 0.631 e. The molecule has 0 aliphatic rings. The maximum atomic E-state index is 9.70. The molecule has 0 saturated heterocycles. The van der Waals surface area contributed by atoms with Crippen LogP contribution in [0, 0.1) is 0 Å². The van der Waals surface area contributed by atoms with Crippen LogP contribution in [0.3, 0.4) is 0 Å². The fourth-order valence-corrected chi connectivity index (χ4v) is 0.409. The average Bonchev–Trinajstić information content (AvgIpc) is 1.97. The lowest BCUT2D eigenvalue weighted by Gasteiger charge is -2.36. The van der Waals surface area contributed by atoms with Gasteiger partial charge in [0, 0.05) is 0 Å². The lowest BCUT2D eigenvalue weighted by atomic mass is 9.89. The molecule has 0 atom stereocenters. The van der Waals surface area contributed by atoms with Gasteiger partial charge in [-0.1, -0.05) is 0 Å². The van der Waals surface area contributed by atoms with Crippen LogP contribution in [-0.4, -0.2) is 38.7 Å². The molecule has 0 saturated carbocycles. The zero-order valence-corrected chi connectivity index (χ0v) is 10.9. The predicted octanol–water partition coefficient (Wildman–Crippen LogP) is 0.424. The number of hydrogen-bond donors (Lipinski definition) is 4. The van der Waals surface area contributed by atoms with Crippen LogP contribution in [0.4, 0.5) is 0 Å². The first-order chi connectivity index (χ1) is 6.90. The van der Waals surface area contributed by atoms with Gasteiger partial charge in [-0.25, -0.2) is 0 Å². The van der Waals surface area contributed by atoms with Crippen LogP contribution < -0.4 is 0 Å². The molecule has 0 aromatic heterocycles. The number of allylic oxidation sites excluding steroid dienone is 1. The average molecular weight is 234 g/mol. The highest BCUT2D eigenvalue weighted by Crippen LogP contribution is 2.25. The summed E-state index contributed by atoms with van der Waals surface area (Å²) in [6.07, 6.45) is 1.68. The van der Waals surface area contributed by atoms with E-state index in [2.05, 4.69) is 0 Å². The maximum absolute atomic E-state index is 9.70. The van der Waals surface area contributed by atoms with Gasteiger partial charge in [0.15, 0.2) is 0 Å². The van der Waals surface area contributed by atoms with Crippen LogP contribution in [0.1, 0.15) is 41.5 Å². The van der Waals surface area contributed by atoms with E-state index in [0.717, 1.165) is 5.57 Å². The van der Waals surface area contributed by atoms with E-state index in [-0.39, 0.29) is 0 Å². The summed E-state index contributed by atoms with van der Waals surface area (Å²) in [5.41, 5.74) is -0.296. The normalized spacial score (nSPS) is 11.1. The van der Waals surface area contributed by atoms with Gasteiger partial charge in [0.25, 0.3) is 0 Å². The summed E-state index contributed by atoms with van der Waals surface area (Å²) < 4.78 is 5.44. The third-order valence-electron chi connectivity index (χ3n) is 2.06. The highest BCUT2D eigenvalue weighted by atomic mass is 16.5. The van der Waals surface area contributed by atoms with Gasteiger partial charge >= 0.3 is 7.32 Å². The summed E-state index contributed by atoms with van der Waals surface area (Å²) in [5.74, 6) is 0. The first-order valence-electron chi connectivity index (χ1n) is 4.98. The lowest BCUT2D eigenvalue weighted by Crippen LogP contribution is -2.46. The Balaban J connectivity index is 0. The minimum absolute atomic E-state index is 0.551. The molecule has 6 heteroatoms. The monoisotopic (exact) mass is 234 g/mol. The maximum Gasteiger partial charge on any atom is 0.631 e. The van der Waals surface area contributed by atoms with Crippen molar-refractivity contribution in [3.63, 3.8) is 0 Å². The van der Waals surface area contributed by atoms with Crippen molar-refractivity contribution in [2.75, 3.05) is 0 Å². The van der Waals surface area contributed by atoms with Crippen molar-refractivity contribution in [3.05, 3.63) is 11.8 Å². The molecule has 0 rings (SSSR count). The summed E-state index contributed by atoms with van der Waals surface area (Å²) in [6.45, 7) is 11.1. The molecular weight excluding hydrogens is 211 g/mol. The van der Waals surface area contributed by atoms with Crippen LogP contribution in [0.15, 0.2) is 11.8 Å². The van der Waals surface area contributed by atoms with Gasteiger partial charge in [0.2, 0.25) is 0 Å². The molecule has 0 aliphatic carbocycles. The SMILES string of the molecule is CC(C)=COC(C)(C)C(C)(C)O.OB(O)O. The van der Waals surface area contributed by atoms with Gasteiger partial charge in [0.1, 0.15) is 5.60 Å². The van der Waals surface area contributed by atoms with E-state index in [1.807, 2.05) is 27.7 Å². The minimum Gasteiger partial charge on any atom is -0.493 e. The standard InChI is InChI=1S/C10H20O2.BH3O3/c1-8(2)7-12-10(5,6)9(3,4)11;2-1(3)4/h7,11H,1-6H3;2-4H. The van der Waals surface area contributed by atoms with Gasteiger partial charge < -0.3 is 24.9 Å². The summed E-state index contributed by atoms with van der Waals surface area (Å²) in [6, 6.07) is 0. The second-order valence-corrected chi connectivity index (χ2v) is 4.73. The topological polar surface area (TPSA) is 90.2 Å². The molecule has 0 fully saturated rings. The highest BCUT2D eigenvalue weighted by molar-refractivity contribution is 6.30. The van der Waals surface area contributed by atoms with Crippen LogP contribution >= 0.6 is 0 Å². The lowest BCUT2D eigenvalue weighted by molar-refractivity contribution is -0.114. The number of hydrogen-bond acceptors (Lipinski definition) is 5. The Hall–Kier alpha value is -0.555. The van der Waals surface area contributed by atoms with Crippen molar-refractivity contribution in [1.29, 1.82) is 0 Å². The fourth-order valence-electron chi connectivity index (χ4n) is 0.409. The number of ether oxygens (including phenoxy) is 1. The van der Waals surface area contributed by atoms with E-state index in [4.69, 9.17) is 19.8 Å². The van der Waals surface area contributed by atoms with Gasteiger partial charge in [-0.05, 0) is 47.1 Å². The van der Waals surface area contributed by atoms with E-state index < -0.39 is 18.5 Å². The molecule has 0 spiro atoms. The van der Waals surface area contributed by atoms with Gasteiger partial charge in [-0.15, -0.1) is 0 Å². The predicted molar refractivity (Wildman–Crippen MR) is 63.3 cm³/mol. The Bertz CT molecular complexity index is 211. The van der Waals surface area contributed by atoms with E-state index >= 15 is 0 Å². The number of rotatable bonds is 3. The molecule has 0 radical (unpaired) electrons. The molecule has 0 aliphatic heterocycles. The van der Waals surface area contributed by atoms with Gasteiger partial charge in [-0.3, -0.25) is 0 Å². The van der Waals surface area contributed by atoms with Crippen LogP contribution in [-0.2, 0) is 4.74 Å². The summed E-state index contributed by atoms with van der Waals surface area (Å²) in [7, 11) is -2.17. The zero-order chi connectivity index (χ0) is 13.6. The second-order valence-electron chi connectivity index (χ2n) is 4.73. The summed E-state index contributed by atoms with van der Waals surface area (Å²) >= 11 is 0. The Morgan fingerprint density at radius 2 is 1.38 bits per heavy atom. The quantitative estimate of drug-likeness (QED) is 0.420. The minimum atomic E-state index is -2.17. The smallest absolute Gasteiger partial charge is 0.493 e. The van der Waals surface area contributed by atoms with Crippen molar-refractivity contribution in [1.82, 2.24) is 0 Å². The van der Waals surface area contributed by atoms with Crippen molar-refractivity contribution >= 4 is 7.32 Å². The Morgan fingerprint density at radius 1 is 1.06 bits per heavy atom. The Labute approximate surface area is 97.6 Å². The molecule has 5 nitrogen and oxygen atoms in total. The van der Waals surface area contributed by atoms with Crippen molar-refractivity contribution in [2.24, 2.45) is 0 Å². The second kappa shape index (κ2) is 6.91. The molecule has 0 amide bonds. The van der Waals surface area contributed by atoms with E-state index in [1.165, 1.54) is 0 Å². The van der Waals surface area contributed by atoms with Crippen LogP contribution in [0.5, 0.6) is 0 Å². The summed E-state index contributed by atoms with van der Waals surface area (Å²) in [4.78, 5) is 0. The van der Waals surface area contributed by atoms with Crippen LogP contribution in [0.2, 0.25) is 0 Å². The van der Waals surface area contributed by atoms with Gasteiger partial charge in [0.05, 0.1) is 11.9 Å². The molecule has 16 heavy (non-hydrogen) atoms. The molecule has 0 aromatic rings. The third kappa shape index (κ3) is 9.98. The number of aliphatic hydroxyl groups is 1. The van der Waals surface area contributed by atoms with E-state index in [1.54, 1.807) is 20.1 Å². The van der Waals surface area contributed by atoms with Crippen molar-refractivity contribution in [3.8, 4) is 0 Å². The van der Waals surface area contributed by atoms with E-state index in [9.17, 15) is 5.11 Å². The molecule has 0 bridgehead atoms. The molecule has 4 N–H and O–H groups in total. The zero-order valence-electron chi connectivity index (χ0n) is 10.9. The summed E-state index contributed by atoms with van der Waals surface area (Å²) in [5, 5.41) is 31.2. The van der Waals surface area contributed by atoms with Gasteiger partial charge in [-0.2, -0.15) is 0 Å². The van der Waals surface area contributed by atoms with Crippen LogP contribution in [0.25, 0.3) is 0 Å². The first kappa shape index (κ1) is 17.8. The van der Waals surface area contributed by atoms with E-state index in [0.29, 0.717) is 0 Å². The molecule has 96 valence electrons. The first-order valence-corrected chi connectivity index (χ1v) is 4.98. The van der Waals surface area contributed by atoms with Crippen molar-refractivity contribution in [2.45, 2.75) is 52.7 Å². The molecule has 0 aromatic carbocycles. The third-order valence-corrected chi connectivity index (χ3v) is 2.06.